The van der Waals surface area contributed by atoms with E-state index in [1.165, 1.54) is 12.1 Å². The molecule has 1 saturated heterocycles. The number of anilines is 1. The van der Waals surface area contributed by atoms with Crippen molar-refractivity contribution in [1.82, 2.24) is 0 Å². The first-order chi connectivity index (χ1) is 24.5. The minimum atomic E-state index is -4.47. The molecule has 0 amide bonds. The van der Waals surface area contributed by atoms with E-state index >= 15 is 0 Å². The molecule has 5 aromatic carbocycles. The molecule has 3 aliphatic rings. The number of alkyl halides is 3. The molecule has 0 bridgehead atoms. The number of benzene rings is 5. The van der Waals surface area contributed by atoms with Gasteiger partial charge in [-0.05, 0) is 82.2 Å². The number of fused-ring (bicyclic) bond motifs is 8. The molecular formula is C42H38F3NO5. The molecule has 1 fully saturated rings. The summed E-state index contributed by atoms with van der Waals surface area (Å²) in [6, 6.07) is 23.8. The van der Waals surface area contributed by atoms with E-state index in [2.05, 4.69) is 17.0 Å². The van der Waals surface area contributed by atoms with Crippen LogP contribution in [0.4, 0.5) is 18.9 Å². The van der Waals surface area contributed by atoms with E-state index in [4.69, 9.17) is 23.7 Å². The number of nitrogens with zero attached hydrogens (tertiary/aromatic N) is 1. The maximum absolute atomic E-state index is 14.1. The van der Waals surface area contributed by atoms with Crippen LogP contribution in [0.15, 0.2) is 84.9 Å². The van der Waals surface area contributed by atoms with Crippen LogP contribution in [0, 0.1) is 0 Å². The molecule has 9 heteroatoms. The van der Waals surface area contributed by atoms with E-state index in [9.17, 15) is 13.2 Å². The third kappa shape index (κ3) is 5.12. The van der Waals surface area contributed by atoms with E-state index < -0.39 is 22.8 Å². The van der Waals surface area contributed by atoms with E-state index in [-0.39, 0.29) is 0 Å². The lowest BCUT2D eigenvalue weighted by atomic mass is 9.76. The topological polar surface area (TPSA) is 49.4 Å². The standard InChI is InChI=1S/C42H38F3NO5/c1-40(2)34-22-27(42(43,44)45)10-15-30(34)37-32-23-35(46-18-20-50-21-19-46)36(49-5)24-33(32)39-31(38(37)40)16-17-41(51-39,25-6-11-28(47-3)12-7-25)26-8-13-29(48-4)14-9-26/h6-17,22-24H,18-21H2,1-5H3. The molecule has 2 aliphatic heterocycles. The number of hydrogen-bond donors (Lipinski definition) is 0. The van der Waals surface area contributed by atoms with Gasteiger partial charge in [-0.25, -0.2) is 0 Å². The van der Waals surface area contributed by atoms with Gasteiger partial charge in [0.15, 0.2) is 5.60 Å². The lowest BCUT2D eigenvalue weighted by Gasteiger charge is -2.39. The Hall–Kier alpha value is -5.15. The smallest absolute Gasteiger partial charge is 0.416 e. The molecule has 8 rings (SSSR count). The predicted molar refractivity (Wildman–Crippen MR) is 193 cm³/mol. The molecule has 0 spiro atoms. The third-order valence-electron chi connectivity index (χ3n) is 10.6. The van der Waals surface area contributed by atoms with Crippen LogP contribution in [0.1, 0.15) is 47.2 Å². The molecule has 5 aromatic rings. The van der Waals surface area contributed by atoms with Crippen molar-refractivity contribution in [3.05, 3.63) is 118 Å². The summed E-state index contributed by atoms with van der Waals surface area (Å²) in [7, 11) is 4.91. The predicted octanol–water partition coefficient (Wildman–Crippen LogP) is 9.38. The van der Waals surface area contributed by atoms with Crippen LogP contribution in [-0.2, 0) is 21.9 Å². The van der Waals surface area contributed by atoms with Gasteiger partial charge < -0.3 is 28.6 Å². The lowest BCUT2D eigenvalue weighted by Crippen LogP contribution is -2.36. The van der Waals surface area contributed by atoms with Crippen LogP contribution < -0.4 is 23.8 Å². The van der Waals surface area contributed by atoms with Crippen molar-refractivity contribution in [2.24, 2.45) is 0 Å². The molecule has 0 atom stereocenters. The van der Waals surface area contributed by atoms with E-state index in [0.717, 1.165) is 49.8 Å². The highest BCUT2D eigenvalue weighted by atomic mass is 19.4. The van der Waals surface area contributed by atoms with Crippen LogP contribution in [0.2, 0.25) is 0 Å². The van der Waals surface area contributed by atoms with Gasteiger partial charge in [-0.15, -0.1) is 0 Å². The normalized spacial score (nSPS) is 17.0. The summed E-state index contributed by atoms with van der Waals surface area (Å²) < 4.78 is 72.5. The quantitative estimate of drug-likeness (QED) is 0.177. The largest absolute Gasteiger partial charge is 0.497 e. The molecule has 0 aromatic heterocycles. The van der Waals surface area contributed by atoms with Gasteiger partial charge in [0.1, 0.15) is 23.0 Å². The summed E-state index contributed by atoms with van der Waals surface area (Å²) in [4.78, 5) is 2.24. The fourth-order valence-electron chi connectivity index (χ4n) is 8.04. The summed E-state index contributed by atoms with van der Waals surface area (Å²) >= 11 is 0. The molecule has 262 valence electrons. The Morgan fingerprint density at radius 2 is 1.37 bits per heavy atom. The highest BCUT2D eigenvalue weighted by molar-refractivity contribution is 6.10. The van der Waals surface area contributed by atoms with E-state index in [1.54, 1.807) is 27.4 Å². The van der Waals surface area contributed by atoms with Gasteiger partial charge in [-0.3, -0.25) is 0 Å². The van der Waals surface area contributed by atoms with E-state index in [1.807, 2.05) is 74.5 Å². The summed E-state index contributed by atoms with van der Waals surface area (Å²) in [6.07, 6.45) is -0.353. The van der Waals surface area contributed by atoms with Gasteiger partial charge in [-0.1, -0.05) is 50.3 Å². The van der Waals surface area contributed by atoms with Crippen molar-refractivity contribution in [3.63, 3.8) is 0 Å². The zero-order valence-corrected chi connectivity index (χ0v) is 29.1. The first-order valence-corrected chi connectivity index (χ1v) is 16.9. The Morgan fingerprint density at radius 3 is 1.94 bits per heavy atom. The van der Waals surface area contributed by atoms with Crippen molar-refractivity contribution in [2.75, 3.05) is 52.5 Å². The molecule has 6 nitrogen and oxygen atoms in total. The minimum Gasteiger partial charge on any atom is -0.497 e. The van der Waals surface area contributed by atoms with Crippen LogP contribution in [0.25, 0.3) is 28.0 Å². The Balaban J connectivity index is 1.44. The highest BCUT2D eigenvalue weighted by Gasteiger charge is 2.45. The van der Waals surface area contributed by atoms with Gasteiger partial charge >= 0.3 is 6.18 Å². The number of halogens is 3. The third-order valence-corrected chi connectivity index (χ3v) is 10.6. The fourth-order valence-corrected chi connectivity index (χ4v) is 8.04. The Labute approximate surface area is 295 Å². The SMILES string of the molecule is COc1ccc(C2(c3ccc(OC)cc3)C=Cc3c4c(c5cc(N6CCOCC6)c(OC)cc5c3O2)-c2ccc(C(F)(F)F)cc2C4(C)C)cc1. The maximum atomic E-state index is 14.1. The zero-order valence-electron chi connectivity index (χ0n) is 29.1. The van der Waals surface area contributed by atoms with E-state index in [0.29, 0.717) is 54.9 Å². The molecule has 1 aliphatic carbocycles. The molecule has 0 unspecified atom stereocenters. The minimum absolute atomic E-state index is 0.583. The summed E-state index contributed by atoms with van der Waals surface area (Å²) in [5, 5.41) is 1.68. The van der Waals surface area contributed by atoms with Crippen molar-refractivity contribution < 1.29 is 36.9 Å². The van der Waals surface area contributed by atoms with Crippen molar-refractivity contribution >= 4 is 22.5 Å². The number of morpholine rings is 1. The monoisotopic (exact) mass is 693 g/mol. The Bertz CT molecular complexity index is 2140. The van der Waals surface area contributed by atoms with Crippen LogP contribution in [0.5, 0.6) is 23.0 Å². The van der Waals surface area contributed by atoms with Crippen molar-refractivity contribution in [2.45, 2.75) is 31.0 Å². The second-order valence-corrected chi connectivity index (χ2v) is 13.7. The van der Waals surface area contributed by atoms with Gasteiger partial charge in [0.05, 0.1) is 45.8 Å². The molecule has 0 saturated carbocycles. The molecule has 0 N–H and O–H groups in total. The number of rotatable bonds is 6. The first kappa shape index (κ1) is 33.0. The fraction of sp³-hybridized carbons (Fsp3) is 0.286. The summed E-state index contributed by atoms with van der Waals surface area (Å²) in [6.45, 7) is 6.53. The second kappa shape index (κ2) is 12.0. The summed E-state index contributed by atoms with van der Waals surface area (Å²) in [5.74, 6) is 2.73. The second-order valence-electron chi connectivity index (χ2n) is 13.7. The van der Waals surface area contributed by atoms with Gasteiger partial charge in [0.25, 0.3) is 0 Å². The highest BCUT2D eigenvalue weighted by Crippen LogP contribution is 2.59. The van der Waals surface area contributed by atoms with Gasteiger partial charge in [0, 0.05) is 40.6 Å². The summed E-state index contributed by atoms with van der Waals surface area (Å²) in [5.41, 5.74) is 4.20. The Morgan fingerprint density at radius 1 is 0.745 bits per heavy atom. The molecule has 2 heterocycles. The zero-order chi connectivity index (χ0) is 35.7. The number of methoxy groups -OCH3 is 3. The number of hydrogen-bond acceptors (Lipinski definition) is 6. The Kier molecular flexibility index (Phi) is 7.76. The lowest BCUT2D eigenvalue weighted by molar-refractivity contribution is -0.137. The van der Waals surface area contributed by atoms with Crippen LogP contribution in [0.3, 0.4) is 0 Å². The van der Waals surface area contributed by atoms with Gasteiger partial charge in [0.2, 0.25) is 0 Å². The number of ether oxygens (including phenoxy) is 5. The maximum Gasteiger partial charge on any atom is 0.416 e. The van der Waals surface area contributed by atoms with Gasteiger partial charge in [-0.2, -0.15) is 13.2 Å². The average Bonchev–Trinajstić information content (AvgIpc) is 3.40. The first-order valence-electron chi connectivity index (χ1n) is 16.9. The van der Waals surface area contributed by atoms with Crippen LogP contribution >= 0.6 is 0 Å². The van der Waals surface area contributed by atoms with Crippen molar-refractivity contribution in [3.8, 4) is 34.1 Å². The molecule has 51 heavy (non-hydrogen) atoms. The molecular weight excluding hydrogens is 655 g/mol. The van der Waals surface area contributed by atoms with Crippen molar-refractivity contribution in [1.29, 1.82) is 0 Å². The van der Waals surface area contributed by atoms with Crippen LogP contribution in [-0.4, -0.2) is 47.6 Å². The molecule has 0 radical (unpaired) electrons. The average molecular weight is 694 g/mol.